The first kappa shape index (κ1) is 14.0. The van der Waals surface area contributed by atoms with E-state index in [1.807, 2.05) is 6.07 Å². The van der Waals surface area contributed by atoms with Crippen LogP contribution in [0.15, 0.2) is 21.5 Å². The van der Waals surface area contributed by atoms with Crippen LogP contribution >= 0.6 is 0 Å². The predicted octanol–water partition coefficient (Wildman–Crippen LogP) is 3.95. The van der Waals surface area contributed by atoms with E-state index in [0.717, 1.165) is 17.9 Å². The van der Waals surface area contributed by atoms with Crippen molar-refractivity contribution in [2.75, 3.05) is 0 Å². The Balaban J connectivity index is 2.52. The van der Waals surface area contributed by atoms with Gasteiger partial charge in [0.25, 0.3) is 0 Å². The summed E-state index contributed by atoms with van der Waals surface area (Å²) in [5, 5.41) is 0. The SMILES string of the molecule is CCCC(C)CC(C)Cc1coc(=O)c(C)c1. The molecule has 2 unspecified atom stereocenters. The lowest BCUT2D eigenvalue weighted by atomic mass is 9.90. The van der Waals surface area contributed by atoms with Crippen molar-refractivity contribution in [3.05, 3.63) is 33.9 Å². The first-order chi connectivity index (χ1) is 8.02. The number of hydrogen-bond donors (Lipinski definition) is 0. The largest absolute Gasteiger partial charge is 0.431 e. The summed E-state index contributed by atoms with van der Waals surface area (Å²) in [5.74, 6) is 1.43. The van der Waals surface area contributed by atoms with Crippen molar-refractivity contribution in [1.82, 2.24) is 0 Å². The minimum atomic E-state index is -0.222. The number of rotatable bonds is 6. The van der Waals surface area contributed by atoms with Crippen molar-refractivity contribution < 1.29 is 4.42 Å². The monoisotopic (exact) mass is 236 g/mol. The van der Waals surface area contributed by atoms with E-state index in [4.69, 9.17) is 4.42 Å². The van der Waals surface area contributed by atoms with Crippen LogP contribution in [0.2, 0.25) is 0 Å². The molecule has 0 aromatic carbocycles. The molecule has 96 valence electrons. The Kier molecular flexibility index (Phi) is 5.46. The molecule has 17 heavy (non-hydrogen) atoms. The molecule has 1 aromatic rings. The minimum absolute atomic E-state index is 0.222. The Labute approximate surface area is 104 Å². The molecular weight excluding hydrogens is 212 g/mol. The summed E-state index contributed by atoms with van der Waals surface area (Å²) in [5.41, 5.74) is 1.62. The topological polar surface area (TPSA) is 30.2 Å². The maximum atomic E-state index is 11.2. The van der Waals surface area contributed by atoms with Gasteiger partial charge in [0.2, 0.25) is 0 Å². The van der Waals surface area contributed by atoms with Crippen LogP contribution < -0.4 is 5.63 Å². The molecule has 2 heteroatoms. The van der Waals surface area contributed by atoms with Gasteiger partial charge in [0.1, 0.15) is 0 Å². The predicted molar refractivity (Wildman–Crippen MR) is 71.3 cm³/mol. The van der Waals surface area contributed by atoms with Crippen molar-refractivity contribution in [1.29, 1.82) is 0 Å². The van der Waals surface area contributed by atoms with Crippen LogP contribution in [-0.2, 0) is 6.42 Å². The fraction of sp³-hybridized carbons (Fsp3) is 0.667. The second kappa shape index (κ2) is 6.63. The molecule has 0 bridgehead atoms. The smallest absolute Gasteiger partial charge is 0.338 e. The molecule has 0 aliphatic heterocycles. The lowest BCUT2D eigenvalue weighted by molar-refractivity contribution is 0.386. The Bertz CT molecular complexity index is 392. The Morgan fingerprint density at radius 1 is 1.29 bits per heavy atom. The maximum Gasteiger partial charge on any atom is 0.338 e. The summed E-state index contributed by atoms with van der Waals surface area (Å²) in [7, 11) is 0. The molecule has 0 N–H and O–H groups in total. The zero-order valence-corrected chi connectivity index (χ0v) is 11.5. The van der Waals surface area contributed by atoms with Gasteiger partial charge in [-0.25, -0.2) is 4.79 Å². The second-order valence-corrected chi connectivity index (χ2v) is 5.36. The van der Waals surface area contributed by atoms with Crippen LogP contribution in [-0.4, -0.2) is 0 Å². The first-order valence-corrected chi connectivity index (χ1v) is 6.61. The maximum absolute atomic E-state index is 11.2. The summed E-state index contributed by atoms with van der Waals surface area (Å²) in [6.07, 6.45) is 6.40. The average molecular weight is 236 g/mol. The molecule has 2 atom stereocenters. The molecule has 2 nitrogen and oxygen atoms in total. The van der Waals surface area contributed by atoms with Gasteiger partial charge in [0.15, 0.2) is 0 Å². The van der Waals surface area contributed by atoms with E-state index in [9.17, 15) is 4.79 Å². The summed E-state index contributed by atoms with van der Waals surface area (Å²) in [4.78, 5) is 11.2. The Morgan fingerprint density at radius 3 is 2.59 bits per heavy atom. The molecule has 1 heterocycles. The first-order valence-electron chi connectivity index (χ1n) is 6.61. The lowest BCUT2D eigenvalue weighted by Crippen LogP contribution is -2.08. The second-order valence-electron chi connectivity index (χ2n) is 5.36. The zero-order valence-electron chi connectivity index (χ0n) is 11.5. The van der Waals surface area contributed by atoms with E-state index in [2.05, 4.69) is 20.8 Å². The highest BCUT2D eigenvalue weighted by Crippen LogP contribution is 2.20. The third-order valence-corrected chi connectivity index (χ3v) is 3.21. The summed E-state index contributed by atoms with van der Waals surface area (Å²) in [6, 6.07) is 1.95. The minimum Gasteiger partial charge on any atom is -0.431 e. The zero-order chi connectivity index (χ0) is 12.8. The standard InChI is InChI=1S/C15H24O2/c1-5-6-11(2)7-12(3)8-14-9-13(4)15(16)17-10-14/h9-12H,5-8H2,1-4H3. The van der Waals surface area contributed by atoms with Crippen molar-refractivity contribution in [3.63, 3.8) is 0 Å². The van der Waals surface area contributed by atoms with Crippen molar-refractivity contribution in [3.8, 4) is 0 Å². The highest BCUT2D eigenvalue weighted by Gasteiger charge is 2.10. The van der Waals surface area contributed by atoms with E-state index in [-0.39, 0.29) is 5.63 Å². The van der Waals surface area contributed by atoms with Gasteiger partial charge in [-0.1, -0.05) is 33.6 Å². The number of aryl methyl sites for hydroxylation is 1. The van der Waals surface area contributed by atoms with E-state index in [0.29, 0.717) is 11.5 Å². The van der Waals surface area contributed by atoms with Crippen LogP contribution in [0.25, 0.3) is 0 Å². The van der Waals surface area contributed by atoms with Crippen LogP contribution in [0, 0.1) is 18.8 Å². The van der Waals surface area contributed by atoms with Crippen molar-refractivity contribution in [2.45, 2.75) is 53.4 Å². The molecule has 1 rings (SSSR count). The van der Waals surface area contributed by atoms with Gasteiger partial charge < -0.3 is 4.42 Å². The molecule has 0 radical (unpaired) electrons. The fourth-order valence-corrected chi connectivity index (χ4v) is 2.48. The molecule has 0 saturated carbocycles. The molecule has 0 aliphatic carbocycles. The third-order valence-electron chi connectivity index (χ3n) is 3.21. The molecule has 0 amide bonds. The molecule has 0 spiro atoms. The third kappa shape index (κ3) is 4.76. The normalized spacial score (nSPS) is 14.6. The van der Waals surface area contributed by atoms with Crippen LogP contribution in [0.5, 0.6) is 0 Å². The summed E-state index contributed by atoms with van der Waals surface area (Å²) in [6.45, 7) is 8.62. The van der Waals surface area contributed by atoms with Gasteiger partial charge in [-0.05, 0) is 43.2 Å². The summed E-state index contributed by atoms with van der Waals surface area (Å²) >= 11 is 0. The highest BCUT2D eigenvalue weighted by molar-refractivity contribution is 5.15. The quantitative estimate of drug-likeness (QED) is 0.748. The van der Waals surface area contributed by atoms with Gasteiger partial charge in [0, 0.05) is 5.56 Å². The van der Waals surface area contributed by atoms with Gasteiger partial charge in [0.05, 0.1) is 6.26 Å². The Hall–Kier alpha value is -1.05. The van der Waals surface area contributed by atoms with Crippen molar-refractivity contribution in [2.24, 2.45) is 11.8 Å². The molecule has 0 aliphatic rings. The van der Waals surface area contributed by atoms with Gasteiger partial charge in [-0.2, -0.15) is 0 Å². The van der Waals surface area contributed by atoms with E-state index >= 15 is 0 Å². The van der Waals surface area contributed by atoms with Crippen LogP contribution in [0.4, 0.5) is 0 Å². The van der Waals surface area contributed by atoms with E-state index in [1.54, 1.807) is 13.2 Å². The molecule has 0 saturated heterocycles. The molecule has 1 aromatic heterocycles. The Morgan fingerprint density at radius 2 is 2.00 bits per heavy atom. The van der Waals surface area contributed by atoms with E-state index < -0.39 is 0 Å². The fourth-order valence-electron chi connectivity index (χ4n) is 2.48. The van der Waals surface area contributed by atoms with Crippen LogP contribution in [0.3, 0.4) is 0 Å². The van der Waals surface area contributed by atoms with Gasteiger partial charge >= 0.3 is 5.63 Å². The van der Waals surface area contributed by atoms with Crippen molar-refractivity contribution >= 4 is 0 Å². The summed E-state index contributed by atoms with van der Waals surface area (Å²) < 4.78 is 4.99. The lowest BCUT2D eigenvalue weighted by Gasteiger charge is -2.16. The van der Waals surface area contributed by atoms with Crippen LogP contribution in [0.1, 0.15) is 51.2 Å². The van der Waals surface area contributed by atoms with Gasteiger partial charge in [-0.15, -0.1) is 0 Å². The number of hydrogen-bond acceptors (Lipinski definition) is 2. The van der Waals surface area contributed by atoms with E-state index in [1.165, 1.54) is 19.3 Å². The molecular formula is C15H24O2. The van der Waals surface area contributed by atoms with Gasteiger partial charge in [-0.3, -0.25) is 0 Å². The highest BCUT2D eigenvalue weighted by atomic mass is 16.4. The molecule has 0 fully saturated rings. The average Bonchev–Trinajstić information content (AvgIpc) is 2.23.